The smallest absolute Gasteiger partial charge is 0.155 e. The SMILES string of the molecule is COCCCN(C)c1nnccc1CN. The Hall–Kier alpha value is -1.20. The molecule has 1 rings (SSSR count). The molecule has 5 nitrogen and oxygen atoms in total. The summed E-state index contributed by atoms with van der Waals surface area (Å²) in [5.74, 6) is 0.858. The third-order valence-corrected chi connectivity index (χ3v) is 2.21. The van der Waals surface area contributed by atoms with Crippen LogP contribution in [0.5, 0.6) is 0 Å². The van der Waals surface area contributed by atoms with Crippen LogP contribution in [0.2, 0.25) is 0 Å². The summed E-state index contributed by atoms with van der Waals surface area (Å²) < 4.78 is 5.00. The summed E-state index contributed by atoms with van der Waals surface area (Å²) in [7, 11) is 3.69. The molecule has 0 radical (unpaired) electrons. The van der Waals surface area contributed by atoms with Gasteiger partial charge in [-0.3, -0.25) is 0 Å². The van der Waals surface area contributed by atoms with Gasteiger partial charge in [0.05, 0.1) is 6.20 Å². The van der Waals surface area contributed by atoms with Gasteiger partial charge in [0.1, 0.15) is 0 Å². The van der Waals surface area contributed by atoms with Crippen LogP contribution in [0.3, 0.4) is 0 Å². The molecule has 0 atom stereocenters. The van der Waals surface area contributed by atoms with Crippen LogP contribution >= 0.6 is 0 Å². The second-order valence-corrected chi connectivity index (χ2v) is 3.35. The summed E-state index contributed by atoms with van der Waals surface area (Å²) in [6, 6.07) is 1.90. The lowest BCUT2D eigenvalue weighted by molar-refractivity contribution is 0.196. The van der Waals surface area contributed by atoms with E-state index in [1.807, 2.05) is 18.0 Å². The summed E-state index contributed by atoms with van der Waals surface area (Å²) in [5.41, 5.74) is 6.64. The second kappa shape index (κ2) is 6.31. The van der Waals surface area contributed by atoms with E-state index in [-0.39, 0.29) is 0 Å². The molecule has 1 aromatic rings. The Morgan fingerprint density at radius 1 is 1.53 bits per heavy atom. The number of methoxy groups -OCH3 is 1. The number of hydrogen-bond donors (Lipinski definition) is 1. The van der Waals surface area contributed by atoms with Crippen LogP contribution in [0.25, 0.3) is 0 Å². The average molecular weight is 210 g/mol. The molecule has 0 saturated heterocycles. The lowest BCUT2D eigenvalue weighted by Gasteiger charge is -2.19. The minimum atomic E-state index is 0.486. The number of ether oxygens (including phenoxy) is 1. The van der Waals surface area contributed by atoms with Crippen LogP contribution < -0.4 is 10.6 Å². The standard InChI is InChI=1S/C10H18N4O/c1-14(6-3-7-15-2)10-9(8-11)4-5-12-13-10/h4-5H,3,6-8,11H2,1-2H3. The molecule has 0 aliphatic carbocycles. The number of rotatable bonds is 6. The average Bonchev–Trinajstić information content (AvgIpc) is 2.29. The van der Waals surface area contributed by atoms with Gasteiger partial charge in [-0.05, 0) is 12.5 Å². The highest BCUT2D eigenvalue weighted by atomic mass is 16.5. The molecule has 0 unspecified atom stereocenters. The molecule has 0 aliphatic rings. The summed E-state index contributed by atoms with van der Waals surface area (Å²) >= 11 is 0. The van der Waals surface area contributed by atoms with Crippen molar-refractivity contribution in [1.29, 1.82) is 0 Å². The Morgan fingerprint density at radius 2 is 2.33 bits per heavy atom. The van der Waals surface area contributed by atoms with Crippen molar-refractivity contribution in [2.75, 3.05) is 32.2 Å². The van der Waals surface area contributed by atoms with Gasteiger partial charge in [0.2, 0.25) is 0 Å². The highest BCUT2D eigenvalue weighted by molar-refractivity contribution is 5.44. The molecule has 0 aromatic carbocycles. The quantitative estimate of drug-likeness (QED) is 0.689. The Labute approximate surface area is 90.2 Å². The maximum atomic E-state index is 5.62. The van der Waals surface area contributed by atoms with Gasteiger partial charge in [-0.1, -0.05) is 0 Å². The summed E-state index contributed by atoms with van der Waals surface area (Å²) in [6.07, 6.45) is 2.63. The zero-order valence-corrected chi connectivity index (χ0v) is 9.31. The lowest BCUT2D eigenvalue weighted by Crippen LogP contribution is -2.23. The van der Waals surface area contributed by atoms with E-state index < -0.39 is 0 Å². The van der Waals surface area contributed by atoms with Gasteiger partial charge in [-0.2, -0.15) is 5.10 Å². The maximum absolute atomic E-state index is 5.62. The zero-order chi connectivity index (χ0) is 11.1. The number of anilines is 1. The van der Waals surface area contributed by atoms with Crippen LogP contribution in [0, 0.1) is 0 Å². The van der Waals surface area contributed by atoms with Crippen LogP contribution in [0.1, 0.15) is 12.0 Å². The molecule has 0 aliphatic heterocycles. The molecule has 0 spiro atoms. The summed E-state index contributed by atoms with van der Waals surface area (Å²) in [4.78, 5) is 2.05. The normalized spacial score (nSPS) is 10.3. The van der Waals surface area contributed by atoms with Crippen LogP contribution in [-0.4, -0.2) is 37.5 Å². The Kier molecular flexibility index (Phi) is 5.00. The first-order valence-corrected chi connectivity index (χ1v) is 5.00. The third-order valence-electron chi connectivity index (χ3n) is 2.21. The maximum Gasteiger partial charge on any atom is 0.155 e. The highest BCUT2D eigenvalue weighted by Crippen LogP contribution is 2.13. The van der Waals surface area contributed by atoms with Gasteiger partial charge in [0.25, 0.3) is 0 Å². The molecule has 5 heteroatoms. The highest BCUT2D eigenvalue weighted by Gasteiger charge is 2.07. The Morgan fingerprint density at radius 3 is 3.00 bits per heavy atom. The van der Waals surface area contributed by atoms with Gasteiger partial charge < -0.3 is 15.4 Å². The van der Waals surface area contributed by atoms with Gasteiger partial charge in [-0.25, -0.2) is 0 Å². The Balaban J connectivity index is 2.59. The van der Waals surface area contributed by atoms with E-state index in [0.29, 0.717) is 6.54 Å². The molecule has 0 fully saturated rings. The van der Waals surface area contributed by atoms with Crippen molar-refractivity contribution < 1.29 is 4.74 Å². The van der Waals surface area contributed by atoms with Crippen molar-refractivity contribution in [1.82, 2.24) is 10.2 Å². The molecule has 0 bridgehead atoms. The predicted molar refractivity (Wildman–Crippen MR) is 59.7 cm³/mol. The fourth-order valence-electron chi connectivity index (χ4n) is 1.38. The van der Waals surface area contributed by atoms with E-state index in [1.165, 1.54) is 0 Å². The van der Waals surface area contributed by atoms with Crippen LogP contribution in [-0.2, 0) is 11.3 Å². The molecule has 2 N–H and O–H groups in total. The number of aromatic nitrogens is 2. The first kappa shape index (κ1) is 11.9. The number of nitrogens with zero attached hydrogens (tertiary/aromatic N) is 3. The number of hydrogen-bond acceptors (Lipinski definition) is 5. The topological polar surface area (TPSA) is 64.3 Å². The van der Waals surface area contributed by atoms with Crippen LogP contribution in [0.4, 0.5) is 5.82 Å². The van der Waals surface area contributed by atoms with Gasteiger partial charge in [0, 0.05) is 39.4 Å². The van der Waals surface area contributed by atoms with Crippen molar-refractivity contribution >= 4 is 5.82 Å². The molecule has 1 heterocycles. The number of nitrogens with two attached hydrogens (primary N) is 1. The molecule has 1 aromatic heterocycles. The summed E-state index contributed by atoms with van der Waals surface area (Å²) in [5, 5.41) is 7.95. The minimum absolute atomic E-state index is 0.486. The van der Waals surface area contributed by atoms with E-state index in [9.17, 15) is 0 Å². The minimum Gasteiger partial charge on any atom is -0.385 e. The van der Waals surface area contributed by atoms with Gasteiger partial charge in [-0.15, -0.1) is 5.10 Å². The van der Waals surface area contributed by atoms with Gasteiger partial charge >= 0.3 is 0 Å². The molecular formula is C10H18N4O. The molecular weight excluding hydrogens is 192 g/mol. The fraction of sp³-hybridized carbons (Fsp3) is 0.600. The first-order chi connectivity index (χ1) is 7.29. The second-order valence-electron chi connectivity index (χ2n) is 3.35. The molecule has 0 amide bonds. The van der Waals surface area contributed by atoms with Crippen molar-refractivity contribution in [3.63, 3.8) is 0 Å². The largest absolute Gasteiger partial charge is 0.385 e. The van der Waals surface area contributed by atoms with Crippen molar-refractivity contribution in [2.24, 2.45) is 5.73 Å². The first-order valence-electron chi connectivity index (χ1n) is 5.00. The van der Waals surface area contributed by atoms with Gasteiger partial charge in [0.15, 0.2) is 5.82 Å². The molecule has 15 heavy (non-hydrogen) atoms. The predicted octanol–water partition coefficient (Wildman–Crippen LogP) is 0.408. The third kappa shape index (κ3) is 3.45. The molecule has 84 valence electrons. The van der Waals surface area contributed by atoms with Crippen molar-refractivity contribution in [2.45, 2.75) is 13.0 Å². The van der Waals surface area contributed by atoms with E-state index in [0.717, 1.165) is 31.0 Å². The zero-order valence-electron chi connectivity index (χ0n) is 9.31. The molecule has 0 saturated carbocycles. The van der Waals surface area contributed by atoms with E-state index in [4.69, 9.17) is 10.5 Å². The van der Waals surface area contributed by atoms with E-state index in [2.05, 4.69) is 10.2 Å². The van der Waals surface area contributed by atoms with Crippen molar-refractivity contribution in [3.8, 4) is 0 Å². The van der Waals surface area contributed by atoms with E-state index >= 15 is 0 Å². The van der Waals surface area contributed by atoms with Crippen LogP contribution in [0.15, 0.2) is 12.3 Å². The Bertz CT molecular complexity index is 293. The van der Waals surface area contributed by atoms with Crippen molar-refractivity contribution in [3.05, 3.63) is 17.8 Å². The van der Waals surface area contributed by atoms with E-state index in [1.54, 1.807) is 13.3 Å². The summed E-state index contributed by atoms with van der Waals surface area (Å²) in [6.45, 7) is 2.13. The lowest BCUT2D eigenvalue weighted by atomic mass is 10.2. The fourth-order valence-corrected chi connectivity index (χ4v) is 1.38. The monoisotopic (exact) mass is 210 g/mol.